The van der Waals surface area contributed by atoms with Crippen molar-refractivity contribution in [2.24, 2.45) is 11.8 Å². The average molecular weight is 312 g/mol. The second-order valence-corrected chi connectivity index (χ2v) is 8.80. The standard InChI is InChI=1S/C16H28N2O2S/c1-11(2)8-17(9-12(3)4)15(20)13-10-21-16(5)7-6-14(19)18(13)16/h11-13H,6-10H2,1-5H3. The van der Waals surface area contributed by atoms with Gasteiger partial charge >= 0.3 is 0 Å². The Morgan fingerprint density at radius 2 is 1.90 bits per heavy atom. The summed E-state index contributed by atoms with van der Waals surface area (Å²) in [5, 5.41) is 0. The molecule has 2 unspecified atom stereocenters. The van der Waals surface area contributed by atoms with Crippen LogP contribution in [-0.4, -0.2) is 51.4 Å². The highest BCUT2D eigenvalue weighted by atomic mass is 32.2. The first kappa shape index (κ1) is 16.7. The molecule has 2 rings (SSSR count). The molecule has 0 saturated carbocycles. The lowest BCUT2D eigenvalue weighted by Crippen LogP contribution is -2.52. The Kier molecular flexibility index (Phi) is 4.91. The van der Waals surface area contributed by atoms with Crippen molar-refractivity contribution in [3.05, 3.63) is 0 Å². The van der Waals surface area contributed by atoms with E-state index in [4.69, 9.17) is 0 Å². The lowest BCUT2D eigenvalue weighted by atomic mass is 10.1. The first-order valence-corrected chi connectivity index (χ1v) is 8.98. The van der Waals surface area contributed by atoms with Crippen LogP contribution < -0.4 is 0 Å². The van der Waals surface area contributed by atoms with E-state index in [-0.39, 0.29) is 22.7 Å². The first-order valence-electron chi connectivity index (χ1n) is 7.99. The summed E-state index contributed by atoms with van der Waals surface area (Å²) in [6.07, 6.45) is 1.45. The van der Waals surface area contributed by atoms with Gasteiger partial charge in [-0.25, -0.2) is 0 Å². The summed E-state index contributed by atoms with van der Waals surface area (Å²) in [5.41, 5.74) is 0. The second-order valence-electron chi connectivity index (χ2n) is 7.30. The minimum atomic E-state index is -0.257. The summed E-state index contributed by atoms with van der Waals surface area (Å²) in [6, 6.07) is -0.257. The molecule has 2 aliphatic heterocycles. The molecule has 0 radical (unpaired) electrons. The molecule has 2 saturated heterocycles. The van der Waals surface area contributed by atoms with Crippen LogP contribution in [0.3, 0.4) is 0 Å². The maximum atomic E-state index is 13.0. The molecule has 0 aromatic rings. The van der Waals surface area contributed by atoms with Gasteiger partial charge in [-0.05, 0) is 25.2 Å². The van der Waals surface area contributed by atoms with Gasteiger partial charge < -0.3 is 9.80 Å². The lowest BCUT2D eigenvalue weighted by Gasteiger charge is -2.34. The maximum Gasteiger partial charge on any atom is 0.246 e. The quantitative estimate of drug-likeness (QED) is 0.783. The van der Waals surface area contributed by atoms with Crippen molar-refractivity contribution >= 4 is 23.6 Å². The highest BCUT2D eigenvalue weighted by Gasteiger charge is 2.53. The molecule has 0 aromatic carbocycles. The van der Waals surface area contributed by atoms with Gasteiger partial charge in [0.25, 0.3) is 0 Å². The van der Waals surface area contributed by atoms with Crippen LogP contribution in [0.15, 0.2) is 0 Å². The third-order valence-corrected chi connectivity index (χ3v) is 5.72. The van der Waals surface area contributed by atoms with Gasteiger partial charge in [0.1, 0.15) is 6.04 Å². The highest BCUT2D eigenvalue weighted by molar-refractivity contribution is 8.01. The number of amides is 2. The van der Waals surface area contributed by atoms with Gasteiger partial charge in [-0.2, -0.15) is 0 Å². The molecule has 2 heterocycles. The van der Waals surface area contributed by atoms with Gasteiger partial charge in [0.15, 0.2) is 0 Å². The van der Waals surface area contributed by atoms with Crippen molar-refractivity contribution in [1.82, 2.24) is 9.80 Å². The summed E-state index contributed by atoms with van der Waals surface area (Å²) in [5.74, 6) is 1.93. The summed E-state index contributed by atoms with van der Waals surface area (Å²) < 4.78 is 0. The number of nitrogens with zero attached hydrogens (tertiary/aromatic N) is 2. The second kappa shape index (κ2) is 6.19. The largest absolute Gasteiger partial charge is 0.340 e. The average Bonchev–Trinajstić information content (AvgIpc) is 2.84. The van der Waals surface area contributed by atoms with Crippen LogP contribution >= 0.6 is 11.8 Å². The number of thioether (sulfide) groups is 1. The predicted molar refractivity (Wildman–Crippen MR) is 87.0 cm³/mol. The van der Waals surface area contributed by atoms with Gasteiger partial charge in [-0.1, -0.05) is 27.7 Å². The van der Waals surface area contributed by atoms with Crippen LogP contribution in [0.2, 0.25) is 0 Å². The Morgan fingerprint density at radius 3 is 2.43 bits per heavy atom. The molecule has 0 N–H and O–H groups in total. The molecule has 2 aliphatic rings. The Morgan fingerprint density at radius 1 is 1.33 bits per heavy atom. The monoisotopic (exact) mass is 312 g/mol. The normalized spacial score (nSPS) is 28.6. The van der Waals surface area contributed by atoms with Gasteiger partial charge in [0.05, 0.1) is 4.87 Å². The van der Waals surface area contributed by atoms with Crippen LogP contribution in [0.5, 0.6) is 0 Å². The van der Waals surface area contributed by atoms with Crippen LogP contribution in [0.25, 0.3) is 0 Å². The molecular weight excluding hydrogens is 284 g/mol. The fraction of sp³-hybridized carbons (Fsp3) is 0.875. The number of carbonyl (C=O) groups is 2. The molecule has 0 bridgehead atoms. The topological polar surface area (TPSA) is 40.6 Å². The van der Waals surface area contributed by atoms with E-state index in [1.165, 1.54) is 0 Å². The zero-order valence-electron chi connectivity index (χ0n) is 13.9. The first-order chi connectivity index (χ1) is 9.74. The van der Waals surface area contributed by atoms with Crippen molar-refractivity contribution in [1.29, 1.82) is 0 Å². The molecule has 2 amide bonds. The Hall–Kier alpha value is -0.710. The van der Waals surface area contributed by atoms with Crippen LogP contribution in [0.4, 0.5) is 0 Å². The molecule has 120 valence electrons. The van der Waals surface area contributed by atoms with E-state index in [1.807, 2.05) is 9.80 Å². The van der Waals surface area contributed by atoms with E-state index in [9.17, 15) is 9.59 Å². The van der Waals surface area contributed by atoms with Crippen LogP contribution in [-0.2, 0) is 9.59 Å². The molecular formula is C16H28N2O2S. The summed E-state index contributed by atoms with van der Waals surface area (Å²) in [6.45, 7) is 12.2. The number of rotatable bonds is 5. The maximum absolute atomic E-state index is 13.0. The summed E-state index contributed by atoms with van der Waals surface area (Å²) >= 11 is 1.77. The number of hydrogen-bond donors (Lipinski definition) is 0. The Balaban J connectivity index is 2.15. The Labute approximate surface area is 132 Å². The van der Waals surface area contributed by atoms with Crippen LogP contribution in [0, 0.1) is 11.8 Å². The zero-order chi connectivity index (χ0) is 15.8. The summed E-state index contributed by atoms with van der Waals surface area (Å²) in [4.78, 5) is 28.8. The van der Waals surface area contributed by atoms with E-state index < -0.39 is 0 Å². The molecule has 0 spiro atoms. The number of carbonyl (C=O) groups excluding carboxylic acids is 2. The fourth-order valence-electron chi connectivity index (χ4n) is 3.35. The van der Waals surface area contributed by atoms with Gasteiger partial charge in [-0.15, -0.1) is 11.8 Å². The highest BCUT2D eigenvalue weighted by Crippen LogP contribution is 2.47. The number of hydrogen-bond acceptors (Lipinski definition) is 3. The molecule has 2 fully saturated rings. The van der Waals surface area contributed by atoms with E-state index in [2.05, 4.69) is 34.6 Å². The minimum Gasteiger partial charge on any atom is -0.340 e. The lowest BCUT2D eigenvalue weighted by molar-refractivity contribution is -0.144. The van der Waals surface area contributed by atoms with Gasteiger partial charge in [-0.3, -0.25) is 9.59 Å². The third-order valence-electron chi connectivity index (χ3n) is 4.21. The van der Waals surface area contributed by atoms with Crippen LogP contribution in [0.1, 0.15) is 47.5 Å². The van der Waals surface area contributed by atoms with Gasteiger partial charge in [0, 0.05) is 25.3 Å². The van der Waals surface area contributed by atoms with E-state index >= 15 is 0 Å². The molecule has 0 aliphatic carbocycles. The number of fused-ring (bicyclic) bond motifs is 1. The van der Waals surface area contributed by atoms with Crippen molar-refractivity contribution in [3.63, 3.8) is 0 Å². The Bertz CT molecular complexity index is 415. The third kappa shape index (κ3) is 3.38. The molecule has 4 nitrogen and oxygen atoms in total. The molecule has 0 aromatic heterocycles. The van der Waals surface area contributed by atoms with E-state index in [0.717, 1.165) is 25.3 Å². The predicted octanol–water partition coefficient (Wildman–Crippen LogP) is 2.58. The molecule has 21 heavy (non-hydrogen) atoms. The zero-order valence-corrected chi connectivity index (χ0v) is 14.7. The van der Waals surface area contributed by atoms with Crippen molar-refractivity contribution in [2.75, 3.05) is 18.8 Å². The van der Waals surface area contributed by atoms with Crippen molar-refractivity contribution < 1.29 is 9.59 Å². The fourth-order valence-corrected chi connectivity index (χ4v) is 4.77. The smallest absolute Gasteiger partial charge is 0.246 e. The SMILES string of the molecule is CC(C)CN(CC(C)C)C(=O)C1CSC2(C)CCC(=O)N12. The minimum absolute atomic E-state index is 0.142. The van der Waals surface area contributed by atoms with Gasteiger partial charge in [0.2, 0.25) is 11.8 Å². The van der Waals surface area contributed by atoms with Crippen molar-refractivity contribution in [3.8, 4) is 0 Å². The van der Waals surface area contributed by atoms with E-state index in [1.54, 1.807) is 11.8 Å². The summed E-state index contributed by atoms with van der Waals surface area (Å²) in [7, 11) is 0. The van der Waals surface area contributed by atoms with E-state index in [0.29, 0.717) is 18.3 Å². The molecule has 5 heteroatoms. The molecule has 2 atom stereocenters. The van der Waals surface area contributed by atoms with Crippen molar-refractivity contribution in [2.45, 2.75) is 58.4 Å².